The highest BCUT2D eigenvalue weighted by molar-refractivity contribution is 5.79. The highest BCUT2D eigenvalue weighted by Gasteiger charge is 2.24. The molecule has 102 valence electrons. The maximum absolute atomic E-state index is 12.1. The fraction of sp³-hybridized carbons (Fsp3) is 0.500. The molecule has 2 rings (SSSR count). The molecule has 0 N–H and O–H groups in total. The average Bonchev–Trinajstić information content (AvgIpc) is 2.84. The van der Waals surface area contributed by atoms with Gasteiger partial charge in [-0.05, 0) is 25.5 Å². The van der Waals surface area contributed by atoms with Crippen molar-refractivity contribution in [3.63, 3.8) is 0 Å². The molecule has 0 bridgehead atoms. The van der Waals surface area contributed by atoms with E-state index < -0.39 is 0 Å². The molecule has 0 amide bonds. The molecular formula is C14H19N3O2. The topological polar surface area (TPSA) is 57.0 Å². The van der Waals surface area contributed by atoms with Crippen molar-refractivity contribution in [2.75, 3.05) is 6.61 Å². The molecule has 0 fully saturated rings. The van der Waals surface area contributed by atoms with Gasteiger partial charge >= 0.3 is 5.97 Å². The molecule has 1 aromatic carbocycles. The van der Waals surface area contributed by atoms with Crippen molar-refractivity contribution in [1.82, 2.24) is 15.0 Å². The Kier molecular flexibility index (Phi) is 4.49. The van der Waals surface area contributed by atoms with Crippen molar-refractivity contribution in [3.8, 4) is 0 Å². The summed E-state index contributed by atoms with van der Waals surface area (Å²) in [5, 5.41) is 8.21. The number of carbonyl (C=O) groups excluding carboxylic acids is 1. The molecule has 0 radical (unpaired) electrons. The third-order valence-corrected chi connectivity index (χ3v) is 3.06. The van der Waals surface area contributed by atoms with Gasteiger partial charge in [-0.1, -0.05) is 37.1 Å². The maximum atomic E-state index is 12.1. The highest BCUT2D eigenvalue weighted by atomic mass is 16.5. The Morgan fingerprint density at radius 3 is 2.89 bits per heavy atom. The predicted octanol–water partition coefficient (Wildman–Crippen LogP) is 2.73. The number of carbonyl (C=O) groups is 1. The van der Waals surface area contributed by atoms with E-state index in [0.29, 0.717) is 6.61 Å². The van der Waals surface area contributed by atoms with Crippen LogP contribution in [0.5, 0.6) is 0 Å². The van der Waals surface area contributed by atoms with Crippen LogP contribution in [-0.4, -0.2) is 27.6 Å². The zero-order chi connectivity index (χ0) is 13.7. The van der Waals surface area contributed by atoms with Gasteiger partial charge in [0, 0.05) is 0 Å². The van der Waals surface area contributed by atoms with E-state index in [2.05, 4.69) is 17.2 Å². The zero-order valence-corrected chi connectivity index (χ0v) is 11.4. The van der Waals surface area contributed by atoms with Gasteiger partial charge in [-0.25, -0.2) is 9.48 Å². The quantitative estimate of drug-likeness (QED) is 0.750. The second-order valence-corrected chi connectivity index (χ2v) is 4.43. The number of unbranched alkanes of at least 4 members (excludes halogenated alkanes) is 1. The van der Waals surface area contributed by atoms with Gasteiger partial charge in [-0.3, -0.25) is 0 Å². The van der Waals surface area contributed by atoms with Crippen LogP contribution >= 0.6 is 0 Å². The number of fused-ring (bicyclic) bond motifs is 1. The average molecular weight is 261 g/mol. The number of benzene rings is 1. The fourth-order valence-electron chi connectivity index (χ4n) is 2.09. The number of hydrogen-bond donors (Lipinski definition) is 0. The first-order chi connectivity index (χ1) is 9.27. The summed E-state index contributed by atoms with van der Waals surface area (Å²) >= 11 is 0. The minimum Gasteiger partial charge on any atom is -0.464 e. The lowest BCUT2D eigenvalue weighted by Gasteiger charge is -2.15. The Balaban J connectivity index is 2.33. The summed E-state index contributed by atoms with van der Waals surface area (Å²) in [6.45, 7) is 4.30. The van der Waals surface area contributed by atoms with Crippen LogP contribution < -0.4 is 0 Å². The number of para-hydroxylation sites is 1. The lowest BCUT2D eigenvalue weighted by molar-refractivity contribution is -0.147. The summed E-state index contributed by atoms with van der Waals surface area (Å²) in [4.78, 5) is 12.1. The van der Waals surface area contributed by atoms with E-state index in [1.165, 1.54) is 0 Å². The molecule has 5 heteroatoms. The molecule has 1 heterocycles. The van der Waals surface area contributed by atoms with Crippen LogP contribution in [0.15, 0.2) is 24.3 Å². The lowest BCUT2D eigenvalue weighted by Crippen LogP contribution is -2.23. The SMILES string of the molecule is CCCCC(C(=O)OCC)n1nnc2ccccc21. The molecule has 0 saturated heterocycles. The molecule has 0 aliphatic heterocycles. The van der Waals surface area contributed by atoms with Gasteiger partial charge in [0.2, 0.25) is 0 Å². The zero-order valence-electron chi connectivity index (χ0n) is 11.4. The second kappa shape index (κ2) is 6.31. The van der Waals surface area contributed by atoms with Gasteiger partial charge in [0.1, 0.15) is 5.52 Å². The number of ether oxygens (including phenoxy) is 1. The first-order valence-electron chi connectivity index (χ1n) is 6.74. The normalized spacial score (nSPS) is 12.5. The fourth-order valence-corrected chi connectivity index (χ4v) is 2.09. The predicted molar refractivity (Wildman–Crippen MR) is 72.7 cm³/mol. The highest BCUT2D eigenvalue weighted by Crippen LogP contribution is 2.21. The van der Waals surface area contributed by atoms with Gasteiger partial charge in [0.25, 0.3) is 0 Å². The molecule has 19 heavy (non-hydrogen) atoms. The van der Waals surface area contributed by atoms with Crippen LogP contribution in [0, 0.1) is 0 Å². The monoisotopic (exact) mass is 261 g/mol. The molecule has 0 saturated carbocycles. The summed E-state index contributed by atoms with van der Waals surface area (Å²) in [5.74, 6) is -0.230. The van der Waals surface area contributed by atoms with E-state index in [9.17, 15) is 4.79 Å². The molecule has 0 aliphatic rings. The first-order valence-corrected chi connectivity index (χ1v) is 6.74. The van der Waals surface area contributed by atoms with Gasteiger partial charge < -0.3 is 4.74 Å². The minimum absolute atomic E-state index is 0.230. The molecule has 1 aromatic heterocycles. The Morgan fingerprint density at radius 1 is 1.37 bits per heavy atom. The van der Waals surface area contributed by atoms with Crippen LogP contribution in [-0.2, 0) is 9.53 Å². The standard InChI is InChI=1S/C14H19N3O2/c1-3-5-9-13(14(18)19-4-2)17-12-10-7-6-8-11(12)15-16-17/h6-8,10,13H,3-5,9H2,1-2H3. The van der Waals surface area contributed by atoms with Crippen LogP contribution in [0.2, 0.25) is 0 Å². The Bertz CT molecular complexity index is 550. The number of rotatable bonds is 6. The molecule has 1 atom stereocenters. The molecule has 1 unspecified atom stereocenters. The van der Waals surface area contributed by atoms with Crippen LogP contribution in [0.25, 0.3) is 11.0 Å². The largest absolute Gasteiger partial charge is 0.464 e. The van der Waals surface area contributed by atoms with Crippen molar-refractivity contribution in [2.24, 2.45) is 0 Å². The Labute approximate surface area is 112 Å². The number of aromatic nitrogens is 3. The first kappa shape index (κ1) is 13.5. The van der Waals surface area contributed by atoms with Gasteiger partial charge in [-0.2, -0.15) is 0 Å². The van der Waals surface area contributed by atoms with Crippen molar-refractivity contribution < 1.29 is 9.53 Å². The van der Waals surface area contributed by atoms with Gasteiger partial charge in [0.15, 0.2) is 6.04 Å². The van der Waals surface area contributed by atoms with Gasteiger partial charge in [0.05, 0.1) is 12.1 Å². The summed E-state index contributed by atoms with van der Waals surface area (Å²) in [6, 6.07) is 7.26. The molecule has 0 spiro atoms. The summed E-state index contributed by atoms with van der Waals surface area (Å²) < 4.78 is 6.83. The number of nitrogens with zero attached hydrogens (tertiary/aromatic N) is 3. The van der Waals surface area contributed by atoms with Crippen molar-refractivity contribution in [2.45, 2.75) is 39.2 Å². The molecular weight excluding hydrogens is 242 g/mol. The summed E-state index contributed by atoms with van der Waals surface area (Å²) in [5.41, 5.74) is 1.67. The number of hydrogen-bond acceptors (Lipinski definition) is 4. The van der Waals surface area contributed by atoms with E-state index in [4.69, 9.17) is 4.74 Å². The summed E-state index contributed by atoms with van der Waals surface area (Å²) in [6.07, 6.45) is 2.71. The van der Waals surface area contributed by atoms with Crippen molar-refractivity contribution in [3.05, 3.63) is 24.3 Å². The van der Waals surface area contributed by atoms with E-state index >= 15 is 0 Å². The number of esters is 1. The molecule has 0 aliphatic carbocycles. The van der Waals surface area contributed by atoms with Gasteiger partial charge in [-0.15, -0.1) is 5.10 Å². The van der Waals surface area contributed by atoms with Crippen LogP contribution in [0.4, 0.5) is 0 Å². The van der Waals surface area contributed by atoms with Crippen molar-refractivity contribution >= 4 is 17.0 Å². The lowest BCUT2D eigenvalue weighted by atomic mass is 10.1. The Hall–Kier alpha value is -1.91. The second-order valence-electron chi connectivity index (χ2n) is 4.43. The summed E-state index contributed by atoms with van der Waals surface area (Å²) in [7, 11) is 0. The molecule has 5 nitrogen and oxygen atoms in total. The van der Waals surface area contributed by atoms with E-state index in [0.717, 1.165) is 30.3 Å². The van der Waals surface area contributed by atoms with Crippen molar-refractivity contribution in [1.29, 1.82) is 0 Å². The Morgan fingerprint density at radius 2 is 2.16 bits per heavy atom. The third-order valence-electron chi connectivity index (χ3n) is 3.06. The van der Waals surface area contributed by atoms with E-state index in [1.54, 1.807) is 4.68 Å². The van der Waals surface area contributed by atoms with E-state index in [-0.39, 0.29) is 12.0 Å². The van der Waals surface area contributed by atoms with Crippen LogP contribution in [0.1, 0.15) is 39.2 Å². The smallest absolute Gasteiger partial charge is 0.331 e. The molecule has 2 aromatic rings. The minimum atomic E-state index is -0.382. The van der Waals surface area contributed by atoms with E-state index in [1.807, 2.05) is 31.2 Å². The third kappa shape index (κ3) is 2.92. The van der Waals surface area contributed by atoms with Crippen LogP contribution in [0.3, 0.4) is 0 Å². The maximum Gasteiger partial charge on any atom is 0.331 e.